The molecule has 0 bridgehead atoms. The van der Waals surface area contributed by atoms with E-state index in [1.54, 1.807) is 11.3 Å². The Kier molecular flexibility index (Phi) is 1.62. The standard InChI is InChI=1S/C14H8N3OS/c1-3-8-7-17-13(10(8)15-5-1)18-11-9-4-2-6-16-12(9)19-14(11)17/h1-6H,7H2/q+1. The van der Waals surface area contributed by atoms with Gasteiger partial charge in [-0.1, -0.05) is 0 Å². The van der Waals surface area contributed by atoms with Crippen LogP contribution >= 0.6 is 11.3 Å². The lowest BCUT2D eigenvalue weighted by Crippen LogP contribution is -2.29. The Morgan fingerprint density at radius 3 is 3.05 bits per heavy atom. The van der Waals surface area contributed by atoms with Crippen molar-refractivity contribution in [1.82, 2.24) is 9.97 Å². The van der Waals surface area contributed by atoms with Gasteiger partial charge in [-0.3, -0.25) is 0 Å². The second-order valence-electron chi connectivity index (χ2n) is 4.60. The van der Waals surface area contributed by atoms with Crippen LogP contribution in [-0.4, -0.2) is 9.97 Å². The van der Waals surface area contributed by atoms with E-state index in [-0.39, 0.29) is 0 Å². The first-order valence-electron chi connectivity index (χ1n) is 6.06. The third-order valence-electron chi connectivity index (χ3n) is 3.51. The Balaban J connectivity index is 1.93. The van der Waals surface area contributed by atoms with Gasteiger partial charge in [0.15, 0.2) is 12.2 Å². The first kappa shape index (κ1) is 9.63. The van der Waals surface area contributed by atoms with Crippen molar-refractivity contribution in [2.75, 3.05) is 0 Å². The number of thiophene rings is 1. The lowest BCUT2D eigenvalue weighted by atomic mass is 10.2. The number of aromatic nitrogens is 3. The molecule has 5 rings (SSSR count). The van der Waals surface area contributed by atoms with Crippen LogP contribution in [0.1, 0.15) is 5.56 Å². The van der Waals surface area contributed by atoms with Gasteiger partial charge in [0.2, 0.25) is 5.58 Å². The van der Waals surface area contributed by atoms with Crippen LogP contribution in [0.5, 0.6) is 0 Å². The normalized spacial score (nSPS) is 13.1. The Bertz CT molecular complexity index is 954. The molecule has 0 radical (unpaired) electrons. The van der Waals surface area contributed by atoms with E-state index in [0.29, 0.717) is 0 Å². The molecule has 0 saturated heterocycles. The number of hydrogen-bond acceptors (Lipinski definition) is 4. The maximum absolute atomic E-state index is 6.06. The predicted octanol–water partition coefficient (Wildman–Crippen LogP) is 2.75. The molecule has 0 amide bonds. The van der Waals surface area contributed by atoms with Crippen LogP contribution in [0.4, 0.5) is 0 Å². The second-order valence-corrected chi connectivity index (χ2v) is 5.57. The number of pyridine rings is 2. The SMILES string of the molecule is c1cnc2c(c1)C[n+]1c-2oc2c3cccnc3sc21. The fraction of sp³-hybridized carbons (Fsp3) is 0.0714. The molecule has 0 unspecified atom stereocenters. The van der Waals surface area contributed by atoms with Gasteiger partial charge in [0.05, 0.1) is 10.9 Å². The van der Waals surface area contributed by atoms with E-state index in [4.69, 9.17) is 4.42 Å². The highest BCUT2D eigenvalue weighted by Crippen LogP contribution is 2.36. The van der Waals surface area contributed by atoms with Crippen molar-refractivity contribution < 1.29 is 8.98 Å². The van der Waals surface area contributed by atoms with Crippen molar-refractivity contribution in [3.8, 4) is 11.6 Å². The number of nitrogens with zero attached hydrogens (tertiary/aromatic N) is 3. The van der Waals surface area contributed by atoms with Crippen LogP contribution in [-0.2, 0) is 6.54 Å². The molecule has 0 fully saturated rings. The molecule has 5 heterocycles. The van der Waals surface area contributed by atoms with Crippen molar-refractivity contribution in [2.45, 2.75) is 6.54 Å². The minimum atomic E-state index is 0.832. The summed E-state index contributed by atoms with van der Waals surface area (Å²) in [5.74, 6) is 0.864. The molecule has 4 nitrogen and oxygen atoms in total. The van der Waals surface area contributed by atoms with E-state index >= 15 is 0 Å². The van der Waals surface area contributed by atoms with Gasteiger partial charge >= 0.3 is 10.7 Å². The largest absolute Gasteiger partial charge is 0.402 e. The molecule has 0 aliphatic carbocycles. The van der Waals surface area contributed by atoms with Crippen LogP contribution in [0.25, 0.3) is 32.2 Å². The van der Waals surface area contributed by atoms with Crippen molar-refractivity contribution in [3.63, 3.8) is 0 Å². The monoisotopic (exact) mass is 266 g/mol. The summed E-state index contributed by atoms with van der Waals surface area (Å²) in [5, 5.41) is 1.09. The lowest BCUT2D eigenvalue weighted by molar-refractivity contribution is -0.647. The van der Waals surface area contributed by atoms with Crippen molar-refractivity contribution in [1.29, 1.82) is 0 Å². The Hall–Kier alpha value is -2.27. The molecule has 0 saturated carbocycles. The number of hydrogen-bond donors (Lipinski definition) is 0. The van der Waals surface area contributed by atoms with E-state index in [1.807, 2.05) is 24.5 Å². The Labute approximate surface area is 112 Å². The summed E-state index contributed by atoms with van der Waals surface area (Å²) in [4.78, 5) is 11.0. The molecule has 19 heavy (non-hydrogen) atoms. The molecule has 1 aliphatic rings. The van der Waals surface area contributed by atoms with E-state index in [2.05, 4.69) is 26.7 Å². The van der Waals surface area contributed by atoms with Gasteiger partial charge in [0, 0.05) is 12.4 Å². The lowest BCUT2D eigenvalue weighted by Gasteiger charge is -1.88. The summed E-state index contributed by atoms with van der Waals surface area (Å²) in [6.07, 6.45) is 3.63. The van der Waals surface area contributed by atoms with E-state index in [9.17, 15) is 0 Å². The molecule has 0 N–H and O–H groups in total. The predicted molar refractivity (Wildman–Crippen MR) is 71.9 cm³/mol. The van der Waals surface area contributed by atoms with Gasteiger partial charge in [-0.05, 0) is 35.6 Å². The first-order chi connectivity index (χ1) is 9.42. The van der Waals surface area contributed by atoms with Crippen LogP contribution in [0.15, 0.2) is 41.1 Å². The number of rotatable bonds is 0. The average Bonchev–Trinajstić information content (AvgIpc) is 3.07. The topological polar surface area (TPSA) is 42.8 Å². The molecular formula is C14H8N3OS+. The van der Waals surface area contributed by atoms with Gasteiger partial charge in [0.25, 0.3) is 0 Å². The summed E-state index contributed by atoms with van der Waals surface area (Å²) in [5.41, 5.74) is 3.11. The van der Waals surface area contributed by atoms with Gasteiger partial charge in [0.1, 0.15) is 4.83 Å². The quantitative estimate of drug-likeness (QED) is 0.405. The van der Waals surface area contributed by atoms with Crippen LogP contribution < -0.4 is 4.57 Å². The molecule has 4 aromatic heterocycles. The van der Waals surface area contributed by atoms with E-state index < -0.39 is 0 Å². The van der Waals surface area contributed by atoms with Crippen molar-refractivity contribution in [3.05, 3.63) is 42.2 Å². The summed E-state index contributed by atoms with van der Waals surface area (Å²) in [6.45, 7) is 0.832. The zero-order valence-electron chi connectivity index (χ0n) is 9.83. The van der Waals surface area contributed by atoms with Gasteiger partial charge in [-0.2, -0.15) is 0 Å². The summed E-state index contributed by atoms with van der Waals surface area (Å²) >= 11 is 1.67. The molecular weight excluding hydrogens is 258 g/mol. The summed E-state index contributed by atoms with van der Waals surface area (Å²) in [6, 6.07) is 8.07. The fourth-order valence-corrected chi connectivity index (χ4v) is 3.74. The Morgan fingerprint density at radius 2 is 2.05 bits per heavy atom. The molecule has 1 aliphatic heterocycles. The smallest absolute Gasteiger partial charge is 0.395 e. The minimum Gasteiger partial charge on any atom is -0.395 e. The minimum absolute atomic E-state index is 0.832. The average molecular weight is 266 g/mol. The second kappa shape index (κ2) is 3.19. The van der Waals surface area contributed by atoms with Crippen molar-refractivity contribution in [2.24, 2.45) is 0 Å². The van der Waals surface area contributed by atoms with Crippen LogP contribution in [0.2, 0.25) is 0 Å². The van der Waals surface area contributed by atoms with Crippen LogP contribution in [0, 0.1) is 0 Å². The maximum Gasteiger partial charge on any atom is 0.402 e. The van der Waals surface area contributed by atoms with Crippen LogP contribution in [0.3, 0.4) is 0 Å². The Morgan fingerprint density at radius 1 is 1.16 bits per heavy atom. The van der Waals surface area contributed by atoms with Gasteiger partial charge in [-0.25, -0.2) is 9.97 Å². The molecule has 4 aromatic rings. The molecule has 0 aromatic carbocycles. The first-order valence-corrected chi connectivity index (χ1v) is 6.87. The maximum atomic E-state index is 6.06. The number of oxazole rings is 1. The summed E-state index contributed by atoms with van der Waals surface area (Å²) < 4.78 is 8.25. The highest BCUT2D eigenvalue weighted by Gasteiger charge is 2.36. The van der Waals surface area contributed by atoms with Crippen molar-refractivity contribution >= 4 is 32.0 Å². The molecule has 90 valence electrons. The summed E-state index contributed by atoms with van der Waals surface area (Å²) in [7, 11) is 0. The molecule has 0 atom stereocenters. The zero-order valence-corrected chi connectivity index (χ0v) is 10.6. The zero-order chi connectivity index (χ0) is 12.4. The van der Waals surface area contributed by atoms with E-state index in [0.717, 1.165) is 38.8 Å². The fourth-order valence-electron chi connectivity index (χ4n) is 2.67. The highest BCUT2D eigenvalue weighted by atomic mass is 32.1. The van der Waals surface area contributed by atoms with E-state index in [1.165, 1.54) is 5.56 Å². The molecule has 5 heteroatoms. The molecule has 0 spiro atoms. The third kappa shape index (κ3) is 1.11. The third-order valence-corrected chi connectivity index (χ3v) is 4.63. The van der Waals surface area contributed by atoms with Gasteiger partial charge < -0.3 is 4.42 Å². The highest BCUT2D eigenvalue weighted by molar-refractivity contribution is 7.24. The number of fused-ring (bicyclic) bond motifs is 7. The van der Waals surface area contributed by atoms with Gasteiger partial charge in [-0.15, -0.1) is 4.57 Å².